The predicted molar refractivity (Wildman–Crippen MR) is 121 cm³/mol. The quantitative estimate of drug-likeness (QED) is 0.621. The van der Waals surface area contributed by atoms with Crippen LogP contribution in [0.3, 0.4) is 0 Å². The molecule has 0 spiro atoms. The largest absolute Gasteiger partial charge is 0.497 e. The number of ether oxygens (including phenoxy) is 3. The third-order valence-corrected chi connectivity index (χ3v) is 6.09. The van der Waals surface area contributed by atoms with Crippen LogP contribution in [0, 0.1) is 5.92 Å². The van der Waals surface area contributed by atoms with Crippen molar-refractivity contribution in [1.82, 2.24) is 0 Å². The van der Waals surface area contributed by atoms with Gasteiger partial charge >= 0.3 is 5.97 Å². The Morgan fingerprint density at radius 3 is 2.56 bits per heavy atom. The van der Waals surface area contributed by atoms with E-state index in [1.54, 1.807) is 20.3 Å². The molecular formula is C26H27NO5. The fraction of sp³-hybridized carbons (Fsp3) is 0.346. The van der Waals surface area contributed by atoms with E-state index in [0.29, 0.717) is 29.2 Å². The van der Waals surface area contributed by atoms with Gasteiger partial charge in [-0.2, -0.15) is 0 Å². The molecule has 2 atom stereocenters. The van der Waals surface area contributed by atoms with Crippen molar-refractivity contribution in [3.63, 3.8) is 0 Å². The molecule has 6 heteroatoms. The first-order valence-corrected chi connectivity index (χ1v) is 10.8. The molecule has 0 saturated carbocycles. The molecule has 0 aromatic heterocycles. The molecule has 0 N–H and O–H groups in total. The monoisotopic (exact) mass is 433 g/mol. The van der Waals surface area contributed by atoms with E-state index in [9.17, 15) is 9.59 Å². The summed E-state index contributed by atoms with van der Waals surface area (Å²) in [6, 6.07) is 15.0. The van der Waals surface area contributed by atoms with Gasteiger partial charge < -0.3 is 14.2 Å². The van der Waals surface area contributed by atoms with E-state index in [4.69, 9.17) is 14.2 Å². The minimum atomic E-state index is -0.707. The smallest absolute Gasteiger partial charge is 0.315 e. The van der Waals surface area contributed by atoms with Crippen LogP contribution in [-0.2, 0) is 20.9 Å². The SMILES string of the molecule is COc1ccc([C@@H]2C3=C(CCCC3=O)N=C(C)C2C(=O)OCc2ccccc2)c(OC)c1. The highest BCUT2D eigenvalue weighted by Crippen LogP contribution is 2.46. The van der Waals surface area contributed by atoms with Crippen molar-refractivity contribution in [1.29, 1.82) is 0 Å². The molecule has 1 heterocycles. The van der Waals surface area contributed by atoms with Crippen LogP contribution in [0.25, 0.3) is 0 Å². The number of ketones is 1. The standard InChI is InChI=1S/C26H27NO5/c1-16-23(26(29)32-15-17-8-5-4-6-9-17)24(25-20(27-16)10-7-11-21(25)28)19-13-12-18(30-2)14-22(19)31-3/h4-6,8-9,12-14,23-24H,7,10-11,15H2,1-3H3/t23?,24-/m0/s1. The number of aliphatic imine (C=N–C) groups is 1. The maximum Gasteiger partial charge on any atom is 0.315 e. The normalized spacial score (nSPS) is 20.3. The number of esters is 1. The van der Waals surface area contributed by atoms with Gasteiger partial charge in [-0.3, -0.25) is 14.6 Å². The van der Waals surface area contributed by atoms with E-state index < -0.39 is 17.8 Å². The summed E-state index contributed by atoms with van der Waals surface area (Å²) >= 11 is 0. The summed E-state index contributed by atoms with van der Waals surface area (Å²) in [5.74, 6) is -0.385. The number of hydrogen-bond acceptors (Lipinski definition) is 6. The minimum Gasteiger partial charge on any atom is -0.497 e. The number of rotatable bonds is 6. The van der Waals surface area contributed by atoms with Crippen LogP contribution < -0.4 is 9.47 Å². The maximum absolute atomic E-state index is 13.4. The zero-order valence-corrected chi connectivity index (χ0v) is 18.6. The first-order valence-electron chi connectivity index (χ1n) is 10.8. The molecule has 1 unspecified atom stereocenters. The van der Waals surface area contributed by atoms with Gasteiger partial charge in [-0.15, -0.1) is 0 Å². The molecule has 2 aromatic rings. The highest BCUT2D eigenvalue weighted by Gasteiger charge is 2.44. The van der Waals surface area contributed by atoms with Gasteiger partial charge in [0.15, 0.2) is 5.78 Å². The molecule has 6 nitrogen and oxygen atoms in total. The number of nitrogens with zero attached hydrogens (tertiary/aromatic N) is 1. The van der Waals surface area contributed by atoms with Gasteiger partial charge in [0.25, 0.3) is 0 Å². The number of carbonyl (C=O) groups is 2. The predicted octanol–water partition coefficient (Wildman–Crippen LogP) is 4.63. The molecule has 1 aliphatic heterocycles. The van der Waals surface area contributed by atoms with Crippen molar-refractivity contribution in [2.24, 2.45) is 10.9 Å². The molecule has 1 aliphatic carbocycles. The van der Waals surface area contributed by atoms with Crippen molar-refractivity contribution < 1.29 is 23.8 Å². The first kappa shape index (κ1) is 21.8. The molecule has 0 fully saturated rings. The summed E-state index contributed by atoms with van der Waals surface area (Å²) in [7, 11) is 3.16. The number of hydrogen-bond donors (Lipinski definition) is 0. The summed E-state index contributed by atoms with van der Waals surface area (Å²) in [6.45, 7) is 2.00. The Kier molecular flexibility index (Phi) is 6.40. The highest BCUT2D eigenvalue weighted by atomic mass is 16.5. The molecule has 0 amide bonds. The molecule has 4 rings (SSSR count). The van der Waals surface area contributed by atoms with Crippen LogP contribution in [0.5, 0.6) is 11.5 Å². The van der Waals surface area contributed by atoms with Gasteiger partial charge in [-0.25, -0.2) is 0 Å². The van der Waals surface area contributed by atoms with Crippen molar-refractivity contribution in [3.05, 3.63) is 70.9 Å². The lowest BCUT2D eigenvalue weighted by atomic mass is 9.71. The molecule has 0 bridgehead atoms. The Bertz CT molecular complexity index is 1090. The summed E-state index contributed by atoms with van der Waals surface area (Å²) in [5.41, 5.74) is 3.69. The zero-order valence-electron chi connectivity index (χ0n) is 18.6. The Morgan fingerprint density at radius 1 is 1.06 bits per heavy atom. The van der Waals surface area contributed by atoms with Crippen LogP contribution in [-0.4, -0.2) is 31.7 Å². The fourth-order valence-corrected chi connectivity index (χ4v) is 4.54. The second-order valence-corrected chi connectivity index (χ2v) is 8.05. The van der Waals surface area contributed by atoms with E-state index in [1.165, 1.54) is 0 Å². The Labute approximate surface area is 187 Å². The van der Waals surface area contributed by atoms with Crippen LogP contribution in [0.15, 0.2) is 64.8 Å². The average molecular weight is 434 g/mol. The number of carbonyl (C=O) groups excluding carboxylic acids is 2. The Morgan fingerprint density at radius 2 is 1.84 bits per heavy atom. The summed E-state index contributed by atoms with van der Waals surface area (Å²) in [5, 5.41) is 0. The van der Waals surface area contributed by atoms with Crippen LogP contribution in [0.2, 0.25) is 0 Å². The highest BCUT2D eigenvalue weighted by molar-refractivity contribution is 6.09. The van der Waals surface area contributed by atoms with Crippen LogP contribution in [0.1, 0.15) is 43.2 Å². The summed E-state index contributed by atoms with van der Waals surface area (Å²) < 4.78 is 16.7. The van der Waals surface area contributed by atoms with Gasteiger partial charge in [-0.1, -0.05) is 36.4 Å². The molecular weight excluding hydrogens is 406 g/mol. The van der Waals surface area contributed by atoms with Gasteiger partial charge in [0.05, 0.1) is 14.2 Å². The minimum absolute atomic E-state index is 0.0335. The fourth-order valence-electron chi connectivity index (χ4n) is 4.54. The number of allylic oxidation sites excluding steroid dienone is 2. The third-order valence-electron chi connectivity index (χ3n) is 6.09. The molecule has 166 valence electrons. The van der Waals surface area contributed by atoms with Gasteiger partial charge in [-0.05, 0) is 31.4 Å². The second kappa shape index (κ2) is 9.39. The van der Waals surface area contributed by atoms with E-state index >= 15 is 0 Å². The molecule has 2 aliphatic rings. The molecule has 32 heavy (non-hydrogen) atoms. The Balaban J connectivity index is 1.76. The summed E-state index contributed by atoms with van der Waals surface area (Å²) in [4.78, 5) is 31.1. The summed E-state index contributed by atoms with van der Waals surface area (Å²) in [6.07, 6.45) is 1.94. The third kappa shape index (κ3) is 4.17. The van der Waals surface area contributed by atoms with Crippen molar-refractivity contribution >= 4 is 17.5 Å². The van der Waals surface area contributed by atoms with Crippen LogP contribution >= 0.6 is 0 Å². The lowest BCUT2D eigenvalue weighted by molar-refractivity contribution is -0.148. The topological polar surface area (TPSA) is 74.2 Å². The number of Topliss-reactive ketones (excluding diaryl/α,β-unsaturated/α-hetero) is 1. The number of benzene rings is 2. The molecule has 0 saturated heterocycles. The van der Waals surface area contributed by atoms with Crippen molar-refractivity contribution in [2.45, 2.75) is 38.7 Å². The van der Waals surface area contributed by atoms with Gasteiger partial charge in [0.1, 0.15) is 24.0 Å². The second-order valence-electron chi connectivity index (χ2n) is 8.05. The van der Waals surface area contributed by atoms with Gasteiger partial charge in [0.2, 0.25) is 0 Å². The van der Waals surface area contributed by atoms with E-state index in [0.717, 1.165) is 29.7 Å². The lowest BCUT2D eigenvalue weighted by Crippen LogP contribution is -2.37. The van der Waals surface area contributed by atoms with E-state index in [1.807, 2.05) is 49.4 Å². The average Bonchev–Trinajstić information content (AvgIpc) is 2.82. The molecule has 2 aromatic carbocycles. The van der Waals surface area contributed by atoms with E-state index in [-0.39, 0.29) is 12.4 Å². The molecule has 0 radical (unpaired) electrons. The number of methoxy groups -OCH3 is 2. The first-order chi connectivity index (χ1) is 15.5. The van der Waals surface area contributed by atoms with E-state index in [2.05, 4.69) is 4.99 Å². The van der Waals surface area contributed by atoms with Gasteiger partial charge in [0, 0.05) is 41.0 Å². The maximum atomic E-state index is 13.4. The Hall–Kier alpha value is -3.41. The van der Waals surface area contributed by atoms with Crippen LogP contribution in [0.4, 0.5) is 0 Å². The lowest BCUT2D eigenvalue weighted by Gasteiger charge is -2.35. The van der Waals surface area contributed by atoms with Crippen molar-refractivity contribution in [2.75, 3.05) is 14.2 Å². The van der Waals surface area contributed by atoms with Crippen molar-refractivity contribution in [3.8, 4) is 11.5 Å². The zero-order chi connectivity index (χ0) is 22.7.